The topological polar surface area (TPSA) is 33.2 Å². The predicted octanol–water partition coefficient (Wildman–Crippen LogP) is 2.95. The van der Waals surface area contributed by atoms with E-state index in [-0.39, 0.29) is 5.91 Å². The van der Waals surface area contributed by atoms with Crippen molar-refractivity contribution in [2.24, 2.45) is 0 Å². The highest BCUT2D eigenvalue weighted by Gasteiger charge is 2.45. The lowest BCUT2D eigenvalue weighted by Crippen LogP contribution is -2.36. The van der Waals surface area contributed by atoms with Gasteiger partial charge in [-0.25, -0.2) is 0 Å². The van der Waals surface area contributed by atoms with Crippen molar-refractivity contribution in [3.63, 3.8) is 0 Å². The van der Waals surface area contributed by atoms with Crippen molar-refractivity contribution in [1.82, 2.24) is 4.98 Å². The number of fused-ring (bicyclic) bond motifs is 1. The lowest BCUT2D eigenvalue weighted by Gasteiger charge is -2.23. The van der Waals surface area contributed by atoms with Crippen LogP contribution in [0.1, 0.15) is 24.5 Å². The number of benzene rings is 1. The second-order valence-electron chi connectivity index (χ2n) is 5.57. The molecule has 0 N–H and O–H groups in total. The monoisotopic (exact) mass is 266 g/mol. The molecule has 0 saturated carbocycles. The average Bonchev–Trinajstić information content (AvgIpc) is 2.69. The van der Waals surface area contributed by atoms with Crippen molar-refractivity contribution < 1.29 is 4.79 Å². The summed E-state index contributed by atoms with van der Waals surface area (Å²) in [6.07, 6.45) is 5.31. The summed E-state index contributed by atoms with van der Waals surface area (Å²) in [7, 11) is 1.86. The summed E-state index contributed by atoms with van der Waals surface area (Å²) in [5.74, 6) is 0.183. The molecular formula is C17H18N2O. The van der Waals surface area contributed by atoms with E-state index in [0.29, 0.717) is 0 Å². The maximum absolute atomic E-state index is 12.6. The molecule has 0 aliphatic carbocycles. The van der Waals surface area contributed by atoms with Crippen molar-refractivity contribution in [3.05, 3.63) is 59.9 Å². The second-order valence-corrected chi connectivity index (χ2v) is 5.57. The van der Waals surface area contributed by atoms with E-state index < -0.39 is 5.41 Å². The summed E-state index contributed by atoms with van der Waals surface area (Å²) in [6.45, 7) is 2.05. The molecule has 2 heterocycles. The number of hydrogen-bond acceptors (Lipinski definition) is 2. The Labute approximate surface area is 119 Å². The molecule has 1 aliphatic rings. The minimum absolute atomic E-state index is 0.183. The van der Waals surface area contributed by atoms with Gasteiger partial charge in [-0.05, 0) is 43.0 Å². The number of amides is 1. The van der Waals surface area contributed by atoms with Crippen molar-refractivity contribution in [2.75, 3.05) is 11.9 Å². The third-order valence-electron chi connectivity index (χ3n) is 4.27. The first kappa shape index (κ1) is 12.9. The van der Waals surface area contributed by atoms with Gasteiger partial charge >= 0.3 is 0 Å². The van der Waals surface area contributed by atoms with Crippen molar-refractivity contribution >= 4 is 11.6 Å². The van der Waals surface area contributed by atoms with E-state index in [2.05, 4.69) is 17.1 Å². The molecule has 20 heavy (non-hydrogen) atoms. The predicted molar refractivity (Wildman–Crippen MR) is 79.8 cm³/mol. The van der Waals surface area contributed by atoms with Crippen LogP contribution in [0, 0.1) is 0 Å². The molecule has 0 unspecified atom stereocenters. The summed E-state index contributed by atoms with van der Waals surface area (Å²) in [6, 6.07) is 12.1. The number of carbonyl (C=O) groups excluding carboxylic acids is 1. The number of aryl methyl sites for hydroxylation is 1. The number of pyridine rings is 1. The molecule has 0 fully saturated rings. The molecule has 1 aromatic heterocycles. The molecule has 0 radical (unpaired) electrons. The first-order chi connectivity index (χ1) is 9.63. The second kappa shape index (κ2) is 4.75. The van der Waals surface area contributed by atoms with Gasteiger partial charge in [0.1, 0.15) is 0 Å². The Kier molecular flexibility index (Phi) is 3.05. The molecule has 1 aliphatic heterocycles. The van der Waals surface area contributed by atoms with Crippen molar-refractivity contribution in [3.8, 4) is 0 Å². The van der Waals surface area contributed by atoms with Gasteiger partial charge in [0.25, 0.3) is 0 Å². The van der Waals surface area contributed by atoms with Crippen molar-refractivity contribution in [2.45, 2.75) is 25.2 Å². The zero-order valence-corrected chi connectivity index (χ0v) is 11.8. The smallest absolute Gasteiger partial charge is 0.237 e. The Bertz CT molecular complexity index is 638. The largest absolute Gasteiger partial charge is 0.314 e. The first-order valence-corrected chi connectivity index (χ1v) is 6.89. The van der Waals surface area contributed by atoms with Gasteiger partial charge in [0.2, 0.25) is 5.91 Å². The molecule has 1 aromatic carbocycles. The van der Waals surface area contributed by atoms with Crippen molar-refractivity contribution in [1.29, 1.82) is 0 Å². The van der Waals surface area contributed by atoms with Gasteiger partial charge in [-0.1, -0.05) is 24.3 Å². The van der Waals surface area contributed by atoms with Gasteiger partial charge in [-0.15, -0.1) is 0 Å². The Morgan fingerprint density at radius 1 is 1.20 bits per heavy atom. The van der Waals surface area contributed by atoms with E-state index in [1.165, 1.54) is 5.56 Å². The Hall–Kier alpha value is -2.16. The van der Waals surface area contributed by atoms with Crippen LogP contribution in [0.5, 0.6) is 0 Å². The fourth-order valence-electron chi connectivity index (χ4n) is 3.01. The highest BCUT2D eigenvalue weighted by molar-refractivity contribution is 6.07. The first-order valence-electron chi connectivity index (χ1n) is 6.89. The fraction of sp³-hybridized carbons (Fsp3) is 0.294. The molecule has 2 aromatic rings. The minimum Gasteiger partial charge on any atom is -0.314 e. The minimum atomic E-state index is -0.429. The Balaban J connectivity index is 1.90. The molecule has 3 heteroatoms. The normalized spacial score (nSPS) is 21.1. The standard InChI is InChI=1S/C17H18N2O/c1-17(10-9-13-6-5-11-18-12-13)14-7-3-4-8-15(14)19(2)16(17)20/h3-8,11-12H,9-10H2,1-2H3/t17-/m0/s1. The zero-order chi connectivity index (χ0) is 14.2. The number of carbonyl (C=O) groups is 1. The van der Waals surface area contributed by atoms with Crippen LogP contribution in [0.3, 0.4) is 0 Å². The van der Waals surface area contributed by atoms with Crippen LogP contribution in [0.4, 0.5) is 5.69 Å². The van der Waals surface area contributed by atoms with Crippen LogP contribution >= 0.6 is 0 Å². The van der Waals surface area contributed by atoms with Crippen LogP contribution in [-0.2, 0) is 16.6 Å². The average molecular weight is 266 g/mol. The summed E-state index contributed by atoms with van der Waals surface area (Å²) < 4.78 is 0. The maximum atomic E-state index is 12.6. The fourth-order valence-corrected chi connectivity index (χ4v) is 3.01. The number of rotatable bonds is 3. The van der Waals surface area contributed by atoms with E-state index in [0.717, 1.165) is 24.1 Å². The summed E-state index contributed by atoms with van der Waals surface area (Å²) >= 11 is 0. The summed E-state index contributed by atoms with van der Waals surface area (Å²) in [5.41, 5.74) is 2.91. The third kappa shape index (κ3) is 1.90. The lowest BCUT2D eigenvalue weighted by atomic mass is 9.79. The number of aromatic nitrogens is 1. The van der Waals surface area contributed by atoms with Gasteiger partial charge < -0.3 is 4.90 Å². The molecule has 0 bridgehead atoms. The number of nitrogens with zero attached hydrogens (tertiary/aromatic N) is 2. The van der Waals surface area contributed by atoms with Crippen LogP contribution < -0.4 is 4.90 Å². The van der Waals surface area contributed by atoms with E-state index in [4.69, 9.17) is 0 Å². The molecule has 3 nitrogen and oxygen atoms in total. The van der Waals surface area contributed by atoms with Crippen LogP contribution in [0.25, 0.3) is 0 Å². The van der Waals surface area contributed by atoms with Gasteiger partial charge in [-0.2, -0.15) is 0 Å². The van der Waals surface area contributed by atoms with E-state index >= 15 is 0 Å². The Morgan fingerprint density at radius 2 is 2.00 bits per heavy atom. The van der Waals surface area contributed by atoms with Gasteiger partial charge in [0.05, 0.1) is 5.41 Å². The Morgan fingerprint density at radius 3 is 2.75 bits per heavy atom. The molecule has 3 rings (SSSR count). The van der Waals surface area contributed by atoms with E-state index in [9.17, 15) is 4.79 Å². The molecule has 1 atom stereocenters. The maximum Gasteiger partial charge on any atom is 0.237 e. The zero-order valence-electron chi connectivity index (χ0n) is 11.8. The lowest BCUT2D eigenvalue weighted by molar-refractivity contribution is -0.122. The third-order valence-corrected chi connectivity index (χ3v) is 4.27. The SMILES string of the molecule is CN1C(=O)[C@@](C)(CCc2cccnc2)c2ccccc21. The molecule has 1 amide bonds. The summed E-state index contributed by atoms with van der Waals surface area (Å²) in [5, 5.41) is 0. The van der Waals surface area contributed by atoms with Crippen LogP contribution in [0.2, 0.25) is 0 Å². The number of hydrogen-bond donors (Lipinski definition) is 0. The number of likely N-dealkylation sites (N-methyl/N-ethyl adjacent to an activating group) is 1. The van der Waals surface area contributed by atoms with Crippen LogP contribution in [0.15, 0.2) is 48.8 Å². The number of para-hydroxylation sites is 1. The molecule has 0 saturated heterocycles. The quantitative estimate of drug-likeness (QED) is 0.855. The highest BCUT2D eigenvalue weighted by atomic mass is 16.2. The summed E-state index contributed by atoms with van der Waals surface area (Å²) in [4.78, 5) is 18.5. The van der Waals surface area contributed by atoms with Crippen LogP contribution in [-0.4, -0.2) is 17.9 Å². The highest BCUT2D eigenvalue weighted by Crippen LogP contribution is 2.43. The van der Waals surface area contributed by atoms with Gasteiger partial charge in [0.15, 0.2) is 0 Å². The number of anilines is 1. The molecule has 0 spiro atoms. The van der Waals surface area contributed by atoms with E-state index in [1.807, 2.05) is 44.4 Å². The van der Waals surface area contributed by atoms with Gasteiger partial charge in [-0.3, -0.25) is 9.78 Å². The molecular weight excluding hydrogens is 248 g/mol. The van der Waals surface area contributed by atoms with Gasteiger partial charge in [0, 0.05) is 25.1 Å². The molecule has 102 valence electrons. The van der Waals surface area contributed by atoms with E-state index in [1.54, 1.807) is 11.1 Å².